The normalized spacial score (nSPS) is 35.6. The summed E-state index contributed by atoms with van der Waals surface area (Å²) in [5, 5.41) is 10.6. The SMILES string of the molecule is CC1=C2CC(=O)[C@@H](C)CC/C=C(\C)C[C@@]2(O)OC1=O. The van der Waals surface area contributed by atoms with E-state index >= 15 is 0 Å². The summed E-state index contributed by atoms with van der Waals surface area (Å²) in [6.07, 6.45) is 3.96. The number of carbonyl (C=O) groups excluding carboxylic acids is 2. The van der Waals surface area contributed by atoms with Crippen LogP contribution in [0.2, 0.25) is 0 Å². The van der Waals surface area contributed by atoms with E-state index < -0.39 is 11.8 Å². The molecule has 4 heteroatoms. The predicted octanol–water partition coefficient (Wildman–Crippen LogP) is 2.27. The lowest BCUT2D eigenvalue weighted by molar-refractivity contribution is -0.181. The molecule has 0 bridgehead atoms. The molecule has 1 aliphatic carbocycles. The number of Topliss-reactive ketones (excluding diaryl/α,β-unsaturated/α-hetero) is 1. The van der Waals surface area contributed by atoms with Crippen LogP contribution in [0.3, 0.4) is 0 Å². The average molecular weight is 264 g/mol. The Morgan fingerprint density at radius 3 is 2.74 bits per heavy atom. The molecule has 4 nitrogen and oxygen atoms in total. The quantitative estimate of drug-likeness (QED) is 0.538. The van der Waals surface area contributed by atoms with Gasteiger partial charge in [0.2, 0.25) is 5.79 Å². The Hall–Kier alpha value is -1.42. The van der Waals surface area contributed by atoms with E-state index in [1.54, 1.807) is 6.92 Å². The van der Waals surface area contributed by atoms with Gasteiger partial charge in [-0.05, 0) is 26.7 Å². The van der Waals surface area contributed by atoms with Crippen LogP contribution < -0.4 is 0 Å². The Morgan fingerprint density at radius 1 is 1.37 bits per heavy atom. The zero-order valence-corrected chi connectivity index (χ0v) is 11.7. The minimum atomic E-state index is -1.63. The molecule has 0 saturated heterocycles. The van der Waals surface area contributed by atoms with Crippen molar-refractivity contribution in [2.24, 2.45) is 5.92 Å². The maximum atomic E-state index is 12.1. The Kier molecular flexibility index (Phi) is 3.63. The van der Waals surface area contributed by atoms with Crippen molar-refractivity contribution in [2.45, 2.75) is 52.2 Å². The second-order valence-corrected chi connectivity index (χ2v) is 5.63. The van der Waals surface area contributed by atoms with E-state index in [1.165, 1.54) is 0 Å². The van der Waals surface area contributed by atoms with Gasteiger partial charge in [-0.15, -0.1) is 0 Å². The summed E-state index contributed by atoms with van der Waals surface area (Å²) >= 11 is 0. The van der Waals surface area contributed by atoms with Crippen LogP contribution in [0.5, 0.6) is 0 Å². The van der Waals surface area contributed by atoms with Crippen LogP contribution in [0.15, 0.2) is 22.8 Å². The van der Waals surface area contributed by atoms with Crippen LogP contribution in [0.1, 0.15) is 46.5 Å². The van der Waals surface area contributed by atoms with Crippen molar-refractivity contribution in [3.63, 3.8) is 0 Å². The largest absolute Gasteiger partial charge is 0.425 e. The fourth-order valence-corrected chi connectivity index (χ4v) is 2.66. The summed E-state index contributed by atoms with van der Waals surface area (Å²) in [7, 11) is 0. The molecule has 0 amide bonds. The molecule has 1 N–H and O–H groups in total. The first-order valence-electron chi connectivity index (χ1n) is 6.68. The first-order chi connectivity index (χ1) is 8.83. The highest BCUT2D eigenvalue weighted by Crippen LogP contribution is 2.39. The molecular weight excluding hydrogens is 244 g/mol. The van der Waals surface area contributed by atoms with E-state index in [1.807, 2.05) is 19.9 Å². The standard InChI is InChI=1S/C15H20O4/c1-9-5-4-6-10(2)13(16)7-12-11(3)14(17)19-15(12,18)8-9/h5,10,18H,4,6-8H2,1-3H3/b9-5+/t10-,15+/m0/s1. The molecule has 0 spiro atoms. The predicted molar refractivity (Wildman–Crippen MR) is 70.1 cm³/mol. The Labute approximate surface area is 113 Å². The van der Waals surface area contributed by atoms with E-state index in [-0.39, 0.29) is 24.5 Å². The lowest BCUT2D eigenvalue weighted by Crippen LogP contribution is -2.34. The number of hydrogen-bond donors (Lipinski definition) is 1. The molecule has 0 aromatic carbocycles. The minimum absolute atomic E-state index is 0.0547. The van der Waals surface area contributed by atoms with Gasteiger partial charge in [0, 0.05) is 29.9 Å². The summed E-state index contributed by atoms with van der Waals surface area (Å²) in [5.74, 6) is -2.17. The fraction of sp³-hybridized carbons (Fsp3) is 0.600. The van der Waals surface area contributed by atoms with Crippen LogP contribution in [-0.4, -0.2) is 22.6 Å². The van der Waals surface area contributed by atoms with Crippen LogP contribution in [0.25, 0.3) is 0 Å². The van der Waals surface area contributed by atoms with Gasteiger partial charge >= 0.3 is 5.97 Å². The Balaban J connectivity index is 2.42. The van der Waals surface area contributed by atoms with Gasteiger partial charge < -0.3 is 9.84 Å². The van der Waals surface area contributed by atoms with Crippen LogP contribution in [-0.2, 0) is 14.3 Å². The van der Waals surface area contributed by atoms with Gasteiger partial charge in [0.15, 0.2) is 0 Å². The first kappa shape index (κ1) is 14.0. The monoisotopic (exact) mass is 264 g/mol. The molecular formula is C15H20O4. The molecule has 0 radical (unpaired) electrons. The Bertz CT molecular complexity index is 486. The summed E-state index contributed by atoms with van der Waals surface area (Å²) in [5.41, 5.74) is 1.78. The number of carbonyl (C=O) groups is 2. The maximum Gasteiger partial charge on any atom is 0.336 e. The number of aliphatic hydroxyl groups is 1. The summed E-state index contributed by atoms with van der Waals surface area (Å²) in [6, 6.07) is 0. The molecule has 0 aromatic heterocycles. The van der Waals surface area contributed by atoms with Crippen LogP contribution >= 0.6 is 0 Å². The highest BCUT2D eigenvalue weighted by molar-refractivity contribution is 5.95. The molecule has 0 aromatic rings. The van der Waals surface area contributed by atoms with Gasteiger partial charge in [0.1, 0.15) is 5.78 Å². The summed E-state index contributed by atoms with van der Waals surface area (Å²) < 4.78 is 5.10. The van der Waals surface area contributed by atoms with Gasteiger partial charge in [-0.2, -0.15) is 0 Å². The van der Waals surface area contributed by atoms with Crippen molar-refractivity contribution in [1.82, 2.24) is 0 Å². The number of hydrogen-bond acceptors (Lipinski definition) is 4. The first-order valence-corrected chi connectivity index (χ1v) is 6.68. The lowest BCUT2D eigenvalue weighted by Gasteiger charge is -2.27. The summed E-state index contributed by atoms with van der Waals surface area (Å²) in [4.78, 5) is 23.8. The van der Waals surface area contributed by atoms with Crippen molar-refractivity contribution in [3.05, 3.63) is 22.8 Å². The molecule has 2 aliphatic rings. The third kappa shape index (κ3) is 2.63. The number of allylic oxidation sites excluding steroid dienone is 1. The molecule has 19 heavy (non-hydrogen) atoms. The molecule has 0 unspecified atom stereocenters. The minimum Gasteiger partial charge on any atom is -0.425 e. The third-order valence-electron chi connectivity index (χ3n) is 4.00. The van der Waals surface area contributed by atoms with E-state index in [0.29, 0.717) is 11.1 Å². The topological polar surface area (TPSA) is 63.6 Å². The average Bonchev–Trinajstić information content (AvgIpc) is 2.51. The molecule has 0 fully saturated rings. The van der Waals surface area contributed by atoms with Crippen LogP contribution in [0.4, 0.5) is 0 Å². The Morgan fingerprint density at radius 2 is 2.05 bits per heavy atom. The van der Waals surface area contributed by atoms with Gasteiger partial charge in [-0.3, -0.25) is 4.79 Å². The van der Waals surface area contributed by atoms with E-state index in [0.717, 1.165) is 18.4 Å². The molecule has 2 atom stereocenters. The molecule has 104 valence electrons. The number of ether oxygens (including phenoxy) is 1. The summed E-state index contributed by atoms with van der Waals surface area (Å²) in [6.45, 7) is 5.41. The molecule has 1 aliphatic heterocycles. The van der Waals surface area contributed by atoms with E-state index in [2.05, 4.69) is 0 Å². The lowest BCUT2D eigenvalue weighted by atomic mass is 9.86. The van der Waals surface area contributed by atoms with Crippen molar-refractivity contribution in [1.29, 1.82) is 0 Å². The number of esters is 1. The maximum absolute atomic E-state index is 12.1. The molecule has 1 heterocycles. The van der Waals surface area contributed by atoms with E-state index in [4.69, 9.17) is 4.74 Å². The van der Waals surface area contributed by atoms with E-state index in [9.17, 15) is 14.7 Å². The van der Waals surface area contributed by atoms with Crippen molar-refractivity contribution in [3.8, 4) is 0 Å². The van der Waals surface area contributed by atoms with Crippen molar-refractivity contribution >= 4 is 11.8 Å². The van der Waals surface area contributed by atoms with Gasteiger partial charge in [0.25, 0.3) is 0 Å². The molecule has 2 rings (SSSR count). The smallest absolute Gasteiger partial charge is 0.336 e. The fourth-order valence-electron chi connectivity index (χ4n) is 2.66. The van der Waals surface area contributed by atoms with Crippen LogP contribution in [0, 0.1) is 5.92 Å². The second kappa shape index (κ2) is 4.93. The zero-order valence-electron chi connectivity index (χ0n) is 11.7. The van der Waals surface area contributed by atoms with Crippen molar-refractivity contribution in [2.75, 3.05) is 0 Å². The zero-order chi connectivity index (χ0) is 14.2. The number of fused-ring (bicyclic) bond motifs is 1. The number of ketones is 1. The molecule has 0 saturated carbocycles. The van der Waals surface area contributed by atoms with Gasteiger partial charge in [-0.25, -0.2) is 4.79 Å². The highest BCUT2D eigenvalue weighted by atomic mass is 16.7. The third-order valence-corrected chi connectivity index (χ3v) is 4.00. The van der Waals surface area contributed by atoms with Gasteiger partial charge in [0.05, 0.1) is 0 Å². The number of rotatable bonds is 0. The second-order valence-electron chi connectivity index (χ2n) is 5.63. The van der Waals surface area contributed by atoms with Gasteiger partial charge in [-0.1, -0.05) is 18.6 Å². The highest BCUT2D eigenvalue weighted by Gasteiger charge is 2.45. The van der Waals surface area contributed by atoms with Crippen molar-refractivity contribution < 1.29 is 19.4 Å².